The molecular formula is C19H19Cl2N3O3S3. The third-order valence-corrected chi connectivity index (χ3v) is 10.4. The highest BCUT2D eigenvalue weighted by molar-refractivity contribution is 7.91. The molecule has 6 nitrogen and oxygen atoms in total. The first-order valence-electron chi connectivity index (χ1n) is 9.30. The number of sulfonamides is 1. The van der Waals surface area contributed by atoms with E-state index < -0.39 is 22.0 Å². The summed E-state index contributed by atoms with van der Waals surface area (Å²) < 4.78 is 30.8. The predicted molar refractivity (Wildman–Crippen MR) is 122 cm³/mol. The number of aromatic nitrogens is 1. The highest BCUT2D eigenvalue weighted by atomic mass is 35.5. The van der Waals surface area contributed by atoms with Crippen LogP contribution in [0.3, 0.4) is 0 Å². The fraction of sp³-hybridized carbons (Fsp3) is 0.368. The molecule has 1 saturated heterocycles. The van der Waals surface area contributed by atoms with Gasteiger partial charge in [-0.15, -0.1) is 11.3 Å². The quantitative estimate of drug-likeness (QED) is 0.524. The summed E-state index contributed by atoms with van der Waals surface area (Å²) in [6.07, 6.45) is 1.91. The van der Waals surface area contributed by atoms with E-state index in [4.69, 9.17) is 23.2 Å². The van der Waals surface area contributed by atoms with Crippen LogP contribution in [-0.4, -0.2) is 35.8 Å². The summed E-state index contributed by atoms with van der Waals surface area (Å²) in [5.41, 5.74) is 1.94. The zero-order valence-corrected chi connectivity index (χ0v) is 20.2. The Bertz CT molecular complexity index is 1310. The van der Waals surface area contributed by atoms with Gasteiger partial charge in [0.1, 0.15) is 10.3 Å². The number of thiophene rings is 1. The summed E-state index contributed by atoms with van der Waals surface area (Å²) in [6.45, 7) is 2.26. The Hall–Kier alpha value is -1.23. The molecule has 30 heavy (non-hydrogen) atoms. The molecule has 0 bridgehead atoms. The molecule has 0 radical (unpaired) electrons. The second kappa shape index (κ2) is 8.37. The number of hydrogen-bond acceptors (Lipinski definition) is 5. The van der Waals surface area contributed by atoms with Gasteiger partial charge in [-0.2, -0.15) is 9.30 Å². The fourth-order valence-corrected chi connectivity index (χ4v) is 8.31. The van der Waals surface area contributed by atoms with Crippen LogP contribution in [0.4, 0.5) is 0 Å². The largest absolute Gasteiger partial charge is 0.319 e. The Morgan fingerprint density at radius 1 is 1.17 bits per heavy atom. The van der Waals surface area contributed by atoms with Gasteiger partial charge in [-0.3, -0.25) is 4.79 Å². The van der Waals surface area contributed by atoms with Crippen LogP contribution in [0.15, 0.2) is 33.5 Å². The number of fused-ring (bicyclic) bond motifs is 1. The first-order valence-corrected chi connectivity index (χ1v) is 13.1. The number of amides is 1. The molecule has 1 unspecified atom stereocenters. The molecule has 1 fully saturated rings. The van der Waals surface area contributed by atoms with Gasteiger partial charge >= 0.3 is 0 Å². The van der Waals surface area contributed by atoms with Gasteiger partial charge in [-0.1, -0.05) is 47.0 Å². The van der Waals surface area contributed by atoms with Crippen LogP contribution in [0.1, 0.15) is 24.8 Å². The number of carbonyl (C=O) groups is 1. The first-order chi connectivity index (χ1) is 14.2. The molecule has 0 N–H and O–H groups in total. The minimum atomic E-state index is -3.81. The lowest BCUT2D eigenvalue weighted by atomic mass is 10.0. The number of nitrogens with zero attached hydrogens (tertiary/aromatic N) is 3. The van der Waals surface area contributed by atoms with Crippen molar-refractivity contribution < 1.29 is 13.2 Å². The van der Waals surface area contributed by atoms with Gasteiger partial charge in [0.15, 0.2) is 4.80 Å². The number of benzene rings is 1. The smallest absolute Gasteiger partial charge is 0.266 e. The number of aryl methyl sites for hydroxylation is 2. The van der Waals surface area contributed by atoms with Crippen molar-refractivity contribution >= 4 is 72.0 Å². The normalized spacial score (nSPS) is 18.9. The zero-order chi connectivity index (χ0) is 21.6. The Morgan fingerprint density at radius 3 is 2.60 bits per heavy atom. The van der Waals surface area contributed by atoms with E-state index in [2.05, 4.69) is 4.99 Å². The van der Waals surface area contributed by atoms with Crippen LogP contribution >= 0.6 is 45.9 Å². The molecule has 1 aliphatic heterocycles. The molecule has 3 heterocycles. The second-order valence-corrected chi connectivity index (χ2v) is 12.3. The maximum absolute atomic E-state index is 13.1. The van der Waals surface area contributed by atoms with Crippen LogP contribution in [0.2, 0.25) is 9.36 Å². The number of thiazole rings is 1. The summed E-state index contributed by atoms with van der Waals surface area (Å²) in [4.78, 5) is 17.9. The van der Waals surface area contributed by atoms with Crippen LogP contribution in [0.5, 0.6) is 0 Å². The lowest BCUT2D eigenvalue weighted by molar-refractivity contribution is -0.122. The van der Waals surface area contributed by atoms with Crippen LogP contribution < -0.4 is 4.80 Å². The summed E-state index contributed by atoms with van der Waals surface area (Å²) in [7, 11) is -1.98. The Labute approximate surface area is 192 Å². The third kappa shape index (κ3) is 3.87. The van der Waals surface area contributed by atoms with Gasteiger partial charge in [-0.05, 0) is 43.5 Å². The summed E-state index contributed by atoms with van der Waals surface area (Å²) in [5, 5.41) is 0.599. The van der Waals surface area contributed by atoms with Gasteiger partial charge in [0, 0.05) is 13.6 Å². The first kappa shape index (κ1) is 22.0. The van der Waals surface area contributed by atoms with Crippen LogP contribution in [0, 0.1) is 6.92 Å². The van der Waals surface area contributed by atoms with E-state index in [-0.39, 0.29) is 10.8 Å². The SMILES string of the molecule is Cc1ccc(Cl)c2sc(=NC(=O)C3CCCCN3S(=O)(=O)c3ccc(Cl)s3)n(C)c12. The Morgan fingerprint density at radius 2 is 1.93 bits per heavy atom. The topological polar surface area (TPSA) is 71.7 Å². The zero-order valence-electron chi connectivity index (χ0n) is 16.3. The lowest BCUT2D eigenvalue weighted by Crippen LogP contribution is -2.47. The Balaban J connectivity index is 1.75. The van der Waals surface area contributed by atoms with Crippen molar-refractivity contribution in [3.05, 3.63) is 44.0 Å². The molecule has 0 aliphatic carbocycles. The number of carbonyl (C=O) groups excluding carboxylic acids is 1. The summed E-state index contributed by atoms with van der Waals surface area (Å²) in [5.74, 6) is -0.461. The maximum Gasteiger partial charge on any atom is 0.266 e. The van der Waals surface area contributed by atoms with Crippen molar-refractivity contribution in [1.82, 2.24) is 8.87 Å². The van der Waals surface area contributed by atoms with Crippen molar-refractivity contribution in [2.75, 3.05) is 6.54 Å². The minimum absolute atomic E-state index is 0.141. The van der Waals surface area contributed by atoms with E-state index in [1.165, 1.54) is 21.7 Å². The third-order valence-electron chi connectivity index (χ3n) is 5.16. The van der Waals surface area contributed by atoms with Crippen molar-refractivity contribution in [2.45, 2.75) is 36.4 Å². The van der Waals surface area contributed by atoms with Crippen molar-refractivity contribution in [3.8, 4) is 0 Å². The number of piperidine rings is 1. The van der Waals surface area contributed by atoms with E-state index in [0.29, 0.717) is 27.0 Å². The fourth-order valence-electron chi connectivity index (χ4n) is 3.67. The molecule has 0 saturated carbocycles. The van der Waals surface area contributed by atoms with Crippen molar-refractivity contribution in [1.29, 1.82) is 0 Å². The number of rotatable bonds is 3. The summed E-state index contributed by atoms with van der Waals surface area (Å²) >= 11 is 14.6. The standard InChI is InChI=1S/C19H19Cl2N3O3S3/c1-11-6-7-12(20)17-16(11)23(2)19(29-17)22-18(25)13-5-3-4-10-24(13)30(26,27)15-9-8-14(21)28-15/h6-9,13H,3-5,10H2,1-2H3. The molecule has 1 aromatic carbocycles. The highest BCUT2D eigenvalue weighted by Crippen LogP contribution is 2.32. The van der Waals surface area contributed by atoms with E-state index in [1.807, 2.05) is 30.7 Å². The van der Waals surface area contributed by atoms with Crippen LogP contribution in [0.25, 0.3) is 10.2 Å². The van der Waals surface area contributed by atoms with Crippen molar-refractivity contribution in [2.24, 2.45) is 12.0 Å². The average Bonchev–Trinajstić information content (AvgIpc) is 3.30. The monoisotopic (exact) mass is 503 g/mol. The van der Waals surface area contributed by atoms with Gasteiger partial charge in [0.05, 0.1) is 19.6 Å². The second-order valence-electron chi connectivity index (χ2n) is 7.12. The molecule has 160 valence electrons. The van der Waals surface area contributed by atoms with E-state index in [9.17, 15) is 13.2 Å². The van der Waals surface area contributed by atoms with Crippen molar-refractivity contribution in [3.63, 3.8) is 0 Å². The van der Waals surface area contributed by atoms with Gasteiger partial charge < -0.3 is 4.57 Å². The Kier molecular flexibility index (Phi) is 6.13. The van der Waals surface area contributed by atoms with Gasteiger partial charge in [0.25, 0.3) is 15.9 Å². The number of halogens is 2. The van der Waals surface area contributed by atoms with E-state index >= 15 is 0 Å². The highest BCUT2D eigenvalue weighted by Gasteiger charge is 2.38. The molecule has 3 aromatic rings. The van der Waals surface area contributed by atoms with Crippen LogP contribution in [-0.2, 0) is 21.9 Å². The molecule has 4 rings (SSSR count). The molecule has 1 atom stereocenters. The van der Waals surface area contributed by atoms with Gasteiger partial charge in [0.2, 0.25) is 0 Å². The maximum atomic E-state index is 13.1. The minimum Gasteiger partial charge on any atom is -0.319 e. The van der Waals surface area contributed by atoms with E-state index in [0.717, 1.165) is 33.5 Å². The number of hydrogen-bond donors (Lipinski definition) is 0. The molecule has 0 spiro atoms. The average molecular weight is 504 g/mol. The molecule has 1 aliphatic rings. The van der Waals surface area contributed by atoms with Gasteiger partial charge in [-0.25, -0.2) is 8.42 Å². The molecule has 2 aromatic heterocycles. The predicted octanol–water partition coefficient (Wildman–Crippen LogP) is 4.59. The molecular weight excluding hydrogens is 485 g/mol. The lowest BCUT2D eigenvalue weighted by Gasteiger charge is -2.31. The van der Waals surface area contributed by atoms with E-state index in [1.54, 1.807) is 6.07 Å². The summed E-state index contributed by atoms with van der Waals surface area (Å²) in [6, 6.07) is 5.94. The molecule has 11 heteroatoms. The molecule has 1 amide bonds.